The largest absolute Gasteiger partial charge is 0.126 e. The monoisotopic (exact) mass is 242 g/mol. The summed E-state index contributed by atoms with van der Waals surface area (Å²) in [4.78, 5) is 0. The van der Waals surface area contributed by atoms with E-state index in [1.54, 1.807) is 0 Å². The average Bonchev–Trinajstić information content (AvgIpc) is 2.41. The highest BCUT2D eigenvalue weighted by Gasteiger charge is 1.96. The third kappa shape index (κ3) is 3.47. The third-order valence-electron chi connectivity index (χ3n) is 2.58. The van der Waals surface area contributed by atoms with E-state index < -0.39 is 0 Å². The van der Waals surface area contributed by atoms with E-state index in [1.165, 1.54) is 16.7 Å². The zero-order valence-corrected chi connectivity index (χ0v) is 10.4. The zero-order valence-electron chi connectivity index (χ0n) is 9.64. The van der Waals surface area contributed by atoms with Gasteiger partial charge in [0.05, 0.1) is 0 Å². The molecule has 0 saturated carbocycles. The van der Waals surface area contributed by atoms with Crippen molar-refractivity contribution in [2.45, 2.75) is 6.42 Å². The minimum absolute atomic E-state index is 0.675. The summed E-state index contributed by atoms with van der Waals surface area (Å²) in [6.45, 7) is 0. The molecule has 0 saturated heterocycles. The average molecular weight is 243 g/mol. The van der Waals surface area contributed by atoms with Crippen LogP contribution < -0.4 is 0 Å². The molecule has 86 valence electrons. The molecule has 0 fully saturated rings. The van der Waals surface area contributed by atoms with Crippen LogP contribution in [0.15, 0.2) is 60.7 Å². The lowest BCUT2D eigenvalue weighted by molar-refractivity contribution is 1.24. The van der Waals surface area contributed by atoms with Crippen LogP contribution in [0.2, 0.25) is 0 Å². The Balaban J connectivity index is 2.23. The number of hydrogen-bond acceptors (Lipinski definition) is 0. The first kappa shape index (κ1) is 11.9. The molecule has 0 aliphatic carbocycles. The first-order chi connectivity index (χ1) is 8.40. The van der Waals surface area contributed by atoms with E-state index >= 15 is 0 Å². The molecule has 0 bridgehead atoms. The van der Waals surface area contributed by atoms with Crippen LogP contribution in [0.25, 0.3) is 17.2 Å². The number of rotatable bonds is 4. The minimum atomic E-state index is 0.675. The number of halogens is 1. The molecule has 0 unspecified atom stereocenters. The Hall–Kier alpha value is -1.53. The fraction of sp³-hybridized carbons (Fsp3) is 0.125. The summed E-state index contributed by atoms with van der Waals surface area (Å²) in [6, 6.07) is 18.9. The van der Waals surface area contributed by atoms with Gasteiger partial charge in [0.25, 0.3) is 0 Å². The number of alkyl halides is 1. The van der Waals surface area contributed by atoms with Gasteiger partial charge in [-0.2, -0.15) is 0 Å². The van der Waals surface area contributed by atoms with E-state index in [0.29, 0.717) is 5.88 Å². The highest BCUT2D eigenvalue weighted by Crippen LogP contribution is 2.20. The van der Waals surface area contributed by atoms with Gasteiger partial charge in [-0.15, -0.1) is 11.6 Å². The van der Waals surface area contributed by atoms with Crippen LogP contribution in [0, 0.1) is 0 Å². The summed E-state index contributed by atoms with van der Waals surface area (Å²) >= 11 is 5.64. The van der Waals surface area contributed by atoms with E-state index in [-0.39, 0.29) is 0 Å². The third-order valence-corrected chi connectivity index (χ3v) is 2.80. The molecular formula is C16H15Cl. The minimum Gasteiger partial charge on any atom is -0.126 e. The smallest absolute Gasteiger partial charge is 0.0258 e. The molecule has 0 N–H and O–H groups in total. The maximum Gasteiger partial charge on any atom is 0.0258 e. The van der Waals surface area contributed by atoms with Gasteiger partial charge in [0.1, 0.15) is 0 Å². The molecule has 2 aromatic carbocycles. The number of benzene rings is 2. The van der Waals surface area contributed by atoms with Crippen LogP contribution in [0.4, 0.5) is 0 Å². The normalized spacial score (nSPS) is 10.9. The Kier molecular flexibility index (Phi) is 4.40. The van der Waals surface area contributed by atoms with Crippen molar-refractivity contribution in [3.05, 3.63) is 66.2 Å². The van der Waals surface area contributed by atoms with Gasteiger partial charge >= 0.3 is 0 Å². The lowest BCUT2D eigenvalue weighted by Crippen LogP contribution is -1.78. The number of hydrogen-bond donors (Lipinski definition) is 0. The second-order valence-corrected chi connectivity index (χ2v) is 4.25. The van der Waals surface area contributed by atoms with Gasteiger partial charge in [-0.05, 0) is 29.2 Å². The van der Waals surface area contributed by atoms with Crippen molar-refractivity contribution >= 4 is 17.7 Å². The van der Waals surface area contributed by atoms with E-state index in [0.717, 1.165) is 6.42 Å². The molecule has 0 aromatic heterocycles. The summed E-state index contributed by atoms with van der Waals surface area (Å²) in [7, 11) is 0. The topological polar surface area (TPSA) is 0 Å². The maximum absolute atomic E-state index is 5.64. The van der Waals surface area contributed by atoms with Crippen LogP contribution >= 0.6 is 11.6 Å². The van der Waals surface area contributed by atoms with Gasteiger partial charge in [0, 0.05) is 5.88 Å². The van der Waals surface area contributed by atoms with Crippen molar-refractivity contribution in [2.24, 2.45) is 0 Å². The first-order valence-electron chi connectivity index (χ1n) is 5.78. The van der Waals surface area contributed by atoms with Gasteiger partial charge in [-0.1, -0.05) is 60.7 Å². The standard InChI is InChI=1S/C16H15Cl/c17-12-5-4-7-14-8-6-11-16(13-14)15-9-2-1-3-10-15/h1-4,6-11,13H,5,12H2. The Morgan fingerprint density at radius 2 is 1.65 bits per heavy atom. The SMILES string of the molecule is ClCCC=Cc1cccc(-c2ccccc2)c1. The highest BCUT2D eigenvalue weighted by atomic mass is 35.5. The van der Waals surface area contributed by atoms with Crippen LogP contribution in [-0.4, -0.2) is 5.88 Å². The molecule has 2 rings (SSSR count). The molecular weight excluding hydrogens is 228 g/mol. The second-order valence-electron chi connectivity index (χ2n) is 3.87. The fourth-order valence-corrected chi connectivity index (χ4v) is 1.86. The molecule has 0 spiro atoms. The van der Waals surface area contributed by atoms with E-state index in [1.807, 2.05) is 6.07 Å². The Labute approximate surface area is 108 Å². The molecule has 0 aliphatic rings. The molecule has 0 nitrogen and oxygen atoms in total. The van der Waals surface area contributed by atoms with Crippen molar-refractivity contribution in [2.75, 3.05) is 5.88 Å². The predicted molar refractivity (Wildman–Crippen MR) is 76.2 cm³/mol. The number of allylic oxidation sites excluding steroid dienone is 1. The summed E-state index contributed by atoms with van der Waals surface area (Å²) in [5.41, 5.74) is 3.72. The van der Waals surface area contributed by atoms with Crippen LogP contribution in [0.5, 0.6) is 0 Å². The van der Waals surface area contributed by atoms with Crippen molar-refractivity contribution in [3.63, 3.8) is 0 Å². The summed E-state index contributed by atoms with van der Waals surface area (Å²) in [5, 5.41) is 0. The molecule has 1 heteroatoms. The molecule has 17 heavy (non-hydrogen) atoms. The Morgan fingerprint density at radius 1 is 0.882 bits per heavy atom. The molecule has 2 aromatic rings. The fourth-order valence-electron chi connectivity index (χ4n) is 1.73. The quantitative estimate of drug-likeness (QED) is 0.662. The molecule has 0 atom stereocenters. The summed E-state index contributed by atoms with van der Waals surface area (Å²) < 4.78 is 0. The molecule has 0 radical (unpaired) electrons. The van der Waals surface area contributed by atoms with Crippen molar-refractivity contribution in [3.8, 4) is 11.1 Å². The lowest BCUT2D eigenvalue weighted by atomic mass is 10.0. The van der Waals surface area contributed by atoms with Gasteiger partial charge in [0.2, 0.25) is 0 Å². The summed E-state index contributed by atoms with van der Waals surface area (Å²) in [6.07, 6.45) is 5.14. The Bertz CT molecular complexity index is 486. The molecule has 0 amide bonds. The van der Waals surface area contributed by atoms with Crippen molar-refractivity contribution < 1.29 is 0 Å². The van der Waals surface area contributed by atoms with Gasteiger partial charge < -0.3 is 0 Å². The Morgan fingerprint density at radius 3 is 2.41 bits per heavy atom. The van der Waals surface area contributed by atoms with Crippen LogP contribution in [0.1, 0.15) is 12.0 Å². The maximum atomic E-state index is 5.64. The summed E-state index contributed by atoms with van der Waals surface area (Å²) in [5.74, 6) is 0.675. The lowest BCUT2D eigenvalue weighted by Gasteiger charge is -2.02. The molecule has 0 aliphatic heterocycles. The second kappa shape index (κ2) is 6.27. The highest BCUT2D eigenvalue weighted by molar-refractivity contribution is 6.17. The zero-order chi connectivity index (χ0) is 11.9. The first-order valence-corrected chi connectivity index (χ1v) is 6.31. The van der Waals surface area contributed by atoms with E-state index in [2.05, 4.69) is 60.7 Å². The van der Waals surface area contributed by atoms with E-state index in [9.17, 15) is 0 Å². The van der Waals surface area contributed by atoms with Crippen LogP contribution in [-0.2, 0) is 0 Å². The van der Waals surface area contributed by atoms with Gasteiger partial charge in [0.15, 0.2) is 0 Å². The van der Waals surface area contributed by atoms with Gasteiger partial charge in [-0.25, -0.2) is 0 Å². The van der Waals surface area contributed by atoms with Gasteiger partial charge in [-0.3, -0.25) is 0 Å². The predicted octanol–water partition coefficient (Wildman–Crippen LogP) is 5.00. The van der Waals surface area contributed by atoms with E-state index in [4.69, 9.17) is 11.6 Å². The van der Waals surface area contributed by atoms with Crippen molar-refractivity contribution in [1.29, 1.82) is 0 Å². The van der Waals surface area contributed by atoms with Crippen molar-refractivity contribution in [1.82, 2.24) is 0 Å². The van der Waals surface area contributed by atoms with Crippen LogP contribution in [0.3, 0.4) is 0 Å². The molecule has 0 heterocycles.